The smallest absolute Gasteiger partial charge is 0.120 e. The molecule has 1 aliphatic carbocycles. The summed E-state index contributed by atoms with van der Waals surface area (Å²) in [5.41, 5.74) is 0. The molecule has 1 saturated carbocycles. The first-order valence-corrected chi connectivity index (χ1v) is 5.70. The van der Waals surface area contributed by atoms with Gasteiger partial charge in [-0.1, -0.05) is 46.4 Å². The second kappa shape index (κ2) is 3.72. The van der Waals surface area contributed by atoms with Crippen LogP contribution < -0.4 is 0 Å². The third-order valence-electron chi connectivity index (χ3n) is 1.86. The van der Waals surface area contributed by atoms with Crippen LogP contribution in [0.3, 0.4) is 0 Å². The maximum atomic E-state index is 5.89. The summed E-state index contributed by atoms with van der Waals surface area (Å²) in [6, 6.07) is 0. The standard InChI is InChI=1S/C6H6Cl6/c7-3-1-2-5(9,10)4(8)6(3,11)12/h3-4H,1-2H2. The van der Waals surface area contributed by atoms with E-state index >= 15 is 0 Å². The monoisotopic (exact) mass is 288 g/mol. The molecule has 0 N–H and O–H groups in total. The minimum Gasteiger partial charge on any atom is -0.120 e. The van der Waals surface area contributed by atoms with Gasteiger partial charge in [-0.25, -0.2) is 0 Å². The molecule has 72 valence electrons. The van der Waals surface area contributed by atoms with Crippen molar-refractivity contribution in [3.63, 3.8) is 0 Å². The van der Waals surface area contributed by atoms with E-state index in [-0.39, 0.29) is 0 Å². The van der Waals surface area contributed by atoms with Crippen LogP contribution in [-0.2, 0) is 0 Å². The lowest BCUT2D eigenvalue weighted by Crippen LogP contribution is -2.50. The normalized spacial score (nSPS) is 39.5. The predicted octanol–water partition coefficient (Wildman–Crippen LogP) is 4.34. The fraction of sp³-hybridized carbons (Fsp3) is 1.00. The molecule has 0 nitrogen and oxygen atoms in total. The third-order valence-corrected chi connectivity index (χ3v) is 5.58. The van der Waals surface area contributed by atoms with Crippen molar-refractivity contribution >= 4 is 69.6 Å². The molecule has 1 rings (SSSR count). The van der Waals surface area contributed by atoms with Crippen molar-refractivity contribution in [2.45, 2.75) is 32.3 Å². The Labute approximate surface area is 101 Å². The van der Waals surface area contributed by atoms with Gasteiger partial charge >= 0.3 is 0 Å². The molecule has 0 aromatic rings. The fourth-order valence-electron chi connectivity index (χ4n) is 1.08. The van der Waals surface area contributed by atoms with Crippen molar-refractivity contribution in [2.75, 3.05) is 0 Å². The van der Waals surface area contributed by atoms with E-state index in [0.717, 1.165) is 0 Å². The zero-order chi connectivity index (χ0) is 9.57. The van der Waals surface area contributed by atoms with Crippen LogP contribution in [0, 0.1) is 0 Å². The average Bonchev–Trinajstić information content (AvgIpc) is 1.96. The van der Waals surface area contributed by atoms with E-state index in [1.165, 1.54) is 0 Å². The van der Waals surface area contributed by atoms with Crippen molar-refractivity contribution in [3.8, 4) is 0 Å². The van der Waals surface area contributed by atoms with Crippen LogP contribution >= 0.6 is 69.6 Å². The molecule has 0 amide bonds. The Kier molecular flexibility index (Phi) is 3.66. The Balaban J connectivity index is 2.86. The van der Waals surface area contributed by atoms with Crippen LogP contribution in [0.4, 0.5) is 0 Å². The highest BCUT2D eigenvalue weighted by Crippen LogP contribution is 2.52. The first-order valence-electron chi connectivity index (χ1n) is 3.32. The molecule has 0 heterocycles. The van der Waals surface area contributed by atoms with Crippen molar-refractivity contribution in [1.29, 1.82) is 0 Å². The van der Waals surface area contributed by atoms with E-state index in [1.54, 1.807) is 0 Å². The summed E-state index contributed by atoms with van der Waals surface area (Å²) >= 11 is 35.3. The molecular formula is C6H6Cl6. The van der Waals surface area contributed by atoms with Gasteiger partial charge in [-0.3, -0.25) is 0 Å². The fourth-order valence-corrected chi connectivity index (χ4v) is 3.02. The number of hydrogen-bond acceptors (Lipinski definition) is 0. The van der Waals surface area contributed by atoms with Gasteiger partial charge in [0.25, 0.3) is 0 Å². The lowest BCUT2D eigenvalue weighted by molar-refractivity contribution is 0.468. The maximum Gasteiger partial charge on any atom is 0.153 e. The molecule has 0 radical (unpaired) electrons. The molecule has 2 unspecified atom stereocenters. The van der Waals surface area contributed by atoms with E-state index in [9.17, 15) is 0 Å². The Morgan fingerprint density at radius 2 is 1.50 bits per heavy atom. The van der Waals surface area contributed by atoms with E-state index in [1.807, 2.05) is 0 Å². The molecule has 1 aliphatic rings. The van der Waals surface area contributed by atoms with Gasteiger partial charge in [-0.2, -0.15) is 0 Å². The van der Waals surface area contributed by atoms with Gasteiger partial charge in [0.2, 0.25) is 0 Å². The van der Waals surface area contributed by atoms with Crippen molar-refractivity contribution < 1.29 is 0 Å². The molecule has 1 fully saturated rings. The zero-order valence-corrected chi connectivity index (χ0v) is 10.4. The summed E-state index contributed by atoms with van der Waals surface area (Å²) in [6.07, 6.45) is 1.06. The van der Waals surface area contributed by atoms with Gasteiger partial charge in [0.05, 0.1) is 5.38 Å². The van der Waals surface area contributed by atoms with Gasteiger partial charge in [0, 0.05) is 0 Å². The molecule has 0 aliphatic heterocycles. The molecule has 0 aromatic carbocycles. The highest BCUT2D eigenvalue weighted by atomic mass is 35.5. The number of halogens is 6. The minimum absolute atomic E-state index is 0.408. The van der Waals surface area contributed by atoms with Crippen molar-refractivity contribution in [3.05, 3.63) is 0 Å². The largest absolute Gasteiger partial charge is 0.153 e. The lowest BCUT2D eigenvalue weighted by Gasteiger charge is -2.41. The molecule has 0 aromatic heterocycles. The van der Waals surface area contributed by atoms with Crippen LogP contribution in [0.1, 0.15) is 12.8 Å². The second-order valence-corrected chi connectivity index (χ2v) is 6.75. The van der Waals surface area contributed by atoms with Crippen LogP contribution in [0.25, 0.3) is 0 Å². The maximum absolute atomic E-state index is 5.89. The average molecular weight is 291 g/mol. The van der Waals surface area contributed by atoms with Gasteiger partial charge in [-0.15, -0.1) is 23.2 Å². The molecule has 0 saturated heterocycles. The quantitative estimate of drug-likeness (QED) is 0.582. The van der Waals surface area contributed by atoms with Crippen LogP contribution in [0.2, 0.25) is 0 Å². The predicted molar refractivity (Wildman–Crippen MR) is 57.4 cm³/mol. The van der Waals surface area contributed by atoms with E-state index in [2.05, 4.69) is 0 Å². The van der Waals surface area contributed by atoms with Gasteiger partial charge in [0.1, 0.15) is 9.71 Å². The topological polar surface area (TPSA) is 0 Å². The summed E-state index contributed by atoms with van der Waals surface area (Å²) in [7, 11) is 0. The van der Waals surface area contributed by atoms with Crippen molar-refractivity contribution in [1.82, 2.24) is 0 Å². The van der Waals surface area contributed by atoms with Crippen LogP contribution in [-0.4, -0.2) is 19.4 Å². The first-order chi connectivity index (χ1) is 5.28. The second-order valence-electron chi connectivity index (χ2n) is 2.80. The number of alkyl halides is 6. The van der Waals surface area contributed by atoms with Gasteiger partial charge in [-0.05, 0) is 12.8 Å². The summed E-state index contributed by atoms with van der Waals surface area (Å²) in [6.45, 7) is 0. The van der Waals surface area contributed by atoms with E-state index in [0.29, 0.717) is 12.8 Å². The molecule has 6 heteroatoms. The summed E-state index contributed by atoms with van der Waals surface area (Å²) in [5.74, 6) is 0. The van der Waals surface area contributed by atoms with Crippen LogP contribution in [0.5, 0.6) is 0 Å². The highest BCUT2D eigenvalue weighted by Gasteiger charge is 2.54. The van der Waals surface area contributed by atoms with Gasteiger partial charge < -0.3 is 0 Å². The summed E-state index contributed by atoms with van der Waals surface area (Å²) in [4.78, 5) is 0. The Morgan fingerprint density at radius 3 is 1.92 bits per heavy atom. The molecule has 2 atom stereocenters. The number of hydrogen-bond donors (Lipinski definition) is 0. The lowest BCUT2D eigenvalue weighted by atomic mass is 9.97. The SMILES string of the molecule is ClC1CCC(Cl)(Cl)C(Cl)C1(Cl)Cl. The number of rotatable bonds is 0. The molecule has 0 spiro atoms. The highest BCUT2D eigenvalue weighted by molar-refractivity contribution is 6.61. The third kappa shape index (κ3) is 2.04. The van der Waals surface area contributed by atoms with Crippen molar-refractivity contribution in [2.24, 2.45) is 0 Å². The molecular weight excluding hydrogens is 285 g/mol. The Hall–Kier alpha value is 1.74. The molecule has 12 heavy (non-hydrogen) atoms. The van der Waals surface area contributed by atoms with Gasteiger partial charge in [0.15, 0.2) is 4.33 Å². The Bertz CT molecular complexity index is 177. The summed E-state index contributed by atoms with van der Waals surface area (Å²) < 4.78 is -2.35. The molecule has 0 bridgehead atoms. The first kappa shape index (κ1) is 11.8. The Morgan fingerprint density at radius 1 is 1.00 bits per heavy atom. The van der Waals surface area contributed by atoms with E-state index in [4.69, 9.17) is 69.6 Å². The van der Waals surface area contributed by atoms with Crippen LogP contribution in [0.15, 0.2) is 0 Å². The zero-order valence-electron chi connectivity index (χ0n) is 5.84. The van der Waals surface area contributed by atoms with E-state index < -0.39 is 19.4 Å². The summed E-state index contributed by atoms with van der Waals surface area (Å²) in [5, 5.41) is -1.16. The minimum atomic E-state index is -1.26.